The number of hydrogen-bond donors (Lipinski definition) is 1. The van der Waals surface area contributed by atoms with Crippen LogP contribution in [0.3, 0.4) is 0 Å². The first-order chi connectivity index (χ1) is 7.38. The molecule has 6 nitrogen and oxygen atoms in total. The molecule has 1 heterocycles. The van der Waals surface area contributed by atoms with Gasteiger partial charge in [-0.25, -0.2) is 4.98 Å². The highest BCUT2D eigenvalue weighted by molar-refractivity contribution is 5.77. The first kappa shape index (κ1) is 12.6. The molecule has 0 aliphatic heterocycles. The molecule has 1 rings (SSSR count). The quantitative estimate of drug-likeness (QED) is 0.815. The minimum absolute atomic E-state index is 0.0775. The number of carbonyl (C=O) groups excluding carboxylic acids is 1. The lowest BCUT2D eigenvalue weighted by molar-refractivity contribution is -0.140. The molecule has 0 saturated heterocycles. The fraction of sp³-hybridized carbons (Fsp3) is 0.700. The van der Waals surface area contributed by atoms with E-state index < -0.39 is 0 Å². The fourth-order valence-corrected chi connectivity index (χ4v) is 1.01. The van der Waals surface area contributed by atoms with E-state index in [0.29, 0.717) is 12.4 Å². The molecule has 0 aromatic carbocycles. The Kier molecular flexibility index (Phi) is 4.00. The third kappa shape index (κ3) is 4.39. The smallest absolute Gasteiger partial charge is 0.248 e. The fourth-order valence-electron chi connectivity index (χ4n) is 1.01. The van der Waals surface area contributed by atoms with Gasteiger partial charge < -0.3 is 9.64 Å². The Hall–Kier alpha value is -1.43. The van der Waals surface area contributed by atoms with Gasteiger partial charge in [0.05, 0.1) is 12.1 Å². The van der Waals surface area contributed by atoms with Gasteiger partial charge in [0.25, 0.3) is 0 Å². The molecular formula is C10H18N4O2. The number of likely N-dealkylation sites (N-methyl/N-ethyl adjacent to an activating group) is 1. The standard InChI is InChI=1S/C10H18N4O2/c1-10(2,3)16-6-9(15)14(4)5-8-11-7-12-13-8/h7H,5-6H2,1-4H3,(H,11,12,13). The normalized spacial score (nSPS) is 11.5. The van der Waals surface area contributed by atoms with Crippen molar-refractivity contribution in [1.82, 2.24) is 20.1 Å². The van der Waals surface area contributed by atoms with E-state index in [1.165, 1.54) is 6.33 Å². The van der Waals surface area contributed by atoms with Crippen molar-refractivity contribution in [3.8, 4) is 0 Å². The van der Waals surface area contributed by atoms with Gasteiger partial charge in [-0.1, -0.05) is 0 Å². The van der Waals surface area contributed by atoms with Crippen molar-refractivity contribution in [3.05, 3.63) is 12.2 Å². The highest BCUT2D eigenvalue weighted by Crippen LogP contribution is 2.06. The molecule has 0 bridgehead atoms. The first-order valence-electron chi connectivity index (χ1n) is 5.10. The number of amides is 1. The SMILES string of the molecule is CN(Cc1ncn[nH]1)C(=O)COC(C)(C)C. The Morgan fingerprint density at radius 3 is 2.75 bits per heavy atom. The van der Waals surface area contributed by atoms with E-state index in [9.17, 15) is 4.79 Å². The van der Waals surface area contributed by atoms with Gasteiger partial charge in [0.1, 0.15) is 18.8 Å². The van der Waals surface area contributed by atoms with Crippen molar-refractivity contribution < 1.29 is 9.53 Å². The molecule has 0 aliphatic carbocycles. The van der Waals surface area contributed by atoms with Crippen molar-refractivity contribution in [3.63, 3.8) is 0 Å². The van der Waals surface area contributed by atoms with Crippen LogP contribution < -0.4 is 0 Å². The van der Waals surface area contributed by atoms with E-state index in [0.717, 1.165) is 0 Å². The van der Waals surface area contributed by atoms with Crippen LogP contribution in [0.1, 0.15) is 26.6 Å². The molecular weight excluding hydrogens is 208 g/mol. The molecule has 0 saturated carbocycles. The van der Waals surface area contributed by atoms with Crippen LogP contribution in [0.15, 0.2) is 6.33 Å². The van der Waals surface area contributed by atoms with Crippen molar-refractivity contribution in [2.24, 2.45) is 0 Å². The van der Waals surface area contributed by atoms with Gasteiger partial charge >= 0.3 is 0 Å². The van der Waals surface area contributed by atoms with Crippen LogP contribution in [0, 0.1) is 0 Å². The van der Waals surface area contributed by atoms with Crippen LogP contribution in [0.5, 0.6) is 0 Å². The van der Waals surface area contributed by atoms with Gasteiger partial charge in [0.15, 0.2) is 0 Å². The summed E-state index contributed by atoms with van der Waals surface area (Å²) in [5.74, 6) is 0.581. The molecule has 1 N–H and O–H groups in total. The lowest BCUT2D eigenvalue weighted by Gasteiger charge is -2.22. The van der Waals surface area contributed by atoms with E-state index in [-0.39, 0.29) is 18.1 Å². The summed E-state index contributed by atoms with van der Waals surface area (Å²) in [6.07, 6.45) is 1.42. The van der Waals surface area contributed by atoms with Crippen LogP contribution >= 0.6 is 0 Å². The topological polar surface area (TPSA) is 71.1 Å². The monoisotopic (exact) mass is 226 g/mol. The summed E-state index contributed by atoms with van der Waals surface area (Å²) in [6, 6.07) is 0. The number of aromatic nitrogens is 3. The van der Waals surface area contributed by atoms with Gasteiger partial charge in [0.2, 0.25) is 5.91 Å². The van der Waals surface area contributed by atoms with Crippen LogP contribution in [0.2, 0.25) is 0 Å². The van der Waals surface area contributed by atoms with E-state index >= 15 is 0 Å². The highest BCUT2D eigenvalue weighted by Gasteiger charge is 2.16. The third-order valence-corrected chi connectivity index (χ3v) is 1.91. The molecule has 6 heteroatoms. The second-order valence-electron chi connectivity index (χ2n) is 4.58. The van der Waals surface area contributed by atoms with Crippen molar-refractivity contribution in [2.75, 3.05) is 13.7 Å². The number of nitrogens with zero attached hydrogens (tertiary/aromatic N) is 3. The van der Waals surface area contributed by atoms with Crippen molar-refractivity contribution in [2.45, 2.75) is 32.9 Å². The zero-order valence-corrected chi connectivity index (χ0v) is 10.1. The number of ether oxygens (including phenoxy) is 1. The molecule has 0 atom stereocenters. The summed E-state index contributed by atoms with van der Waals surface area (Å²) in [5.41, 5.74) is -0.303. The molecule has 0 aliphatic rings. The lowest BCUT2D eigenvalue weighted by Crippen LogP contribution is -2.33. The molecule has 0 radical (unpaired) electrons. The minimum Gasteiger partial charge on any atom is -0.366 e. The van der Waals surface area contributed by atoms with E-state index in [1.54, 1.807) is 11.9 Å². The van der Waals surface area contributed by atoms with Gasteiger partial charge in [-0.15, -0.1) is 0 Å². The van der Waals surface area contributed by atoms with E-state index in [2.05, 4.69) is 15.2 Å². The summed E-state index contributed by atoms with van der Waals surface area (Å²) in [7, 11) is 1.71. The molecule has 1 aromatic heterocycles. The van der Waals surface area contributed by atoms with Gasteiger partial charge in [-0.05, 0) is 20.8 Å². The number of carbonyl (C=O) groups is 1. The molecule has 0 unspecified atom stereocenters. The Balaban J connectivity index is 2.37. The Bertz CT molecular complexity index is 329. The molecule has 0 spiro atoms. The molecule has 16 heavy (non-hydrogen) atoms. The second kappa shape index (κ2) is 5.07. The maximum atomic E-state index is 11.7. The Morgan fingerprint density at radius 1 is 1.56 bits per heavy atom. The summed E-state index contributed by atoms with van der Waals surface area (Å²) in [5, 5.41) is 6.41. The van der Waals surface area contributed by atoms with E-state index in [4.69, 9.17) is 4.74 Å². The average Bonchev–Trinajstić information content (AvgIpc) is 2.65. The van der Waals surface area contributed by atoms with Crippen LogP contribution in [0.4, 0.5) is 0 Å². The molecule has 1 aromatic rings. The lowest BCUT2D eigenvalue weighted by atomic mass is 10.2. The highest BCUT2D eigenvalue weighted by atomic mass is 16.5. The van der Waals surface area contributed by atoms with Crippen molar-refractivity contribution in [1.29, 1.82) is 0 Å². The predicted molar refractivity (Wildman–Crippen MR) is 58.6 cm³/mol. The zero-order chi connectivity index (χ0) is 12.2. The summed E-state index contributed by atoms with van der Waals surface area (Å²) in [6.45, 7) is 6.23. The minimum atomic E-state index is -0.303. The summed E-state index contributed by atoms with van der Waals surface area (Å²) < 4.78 is 5.39. The van der Waals surface area contributed by atoms with Gasteiger partial charge in [-0.3, -0.25) is 9.89 Å². The third-order valence-electron chi connectivity index (χ3n) is 1.91. The number of rotatable bonds is 4. The summed E-state index contributed by atoms with van der Waals surface area (Å²) >= 11 is 0. The predicted octanol–water partition coefficient (Wildman–Crippen LogP) is 0.578. The number of nitrogens with one attached hydrogen (secondary N) is 1. The average molecular weight is 226 g/mol. The molecule has 1 amide bonds. The number of aromatic amines is 1. The maximum Gasteiger partial charge on any atom is 0.248 e. The molecule has 90 valence electrons. The van der Waals surface area contributed by atoms with Crippen molar-refractivity contribution >= 4 is 5.91 Å². The molecule has 0 fully saturated rings. The zero-order valence-electron chi connectivity index (χ0n) is 10.1. The maximum absolute atomic E-state index is 11.7. The van der Waals surface area contributed by atoms with Crippen LogP contribution in [-0.4, -0.2) is 45.2 Å². The Morgan fingerprint density at radius 2 is 2.25 bits per heavy atom. The summed E-state index contributed by atoms with van der Waals surface area (Å²) in [4.78, 5) is 17.1. The van der Waals surface area contributed by atoms with Gasteiger partial charge in [-0.2, -0.15) is 5.10 Å². The van der Waals surface area contributed by atoms with Gasteiger partial charge in [0, 0.05) is 7.05 Å². The first-order valence-corrected chi connectivity index (χ1v) is 5.10. The van der Waals surface area contributed by atoms with Crippen LogP contribution in [-0.2, 0) is 16.1 Å². The van der Waals surface area contributed by atoms with Crippen LogP contribution in [0.25, 0.3) is 0 Å². The number of H-pyrrole nitrogens is 1. The number of hydrogen-bond acceptors (Lipinski definition) is 4. The van der Waals surface area contributed by atoms with E-state index in [1.807, 2.05) is 20.8 Å². The second-order valence-corrected chi connectivity index (χ2v) is 4.58. The Labute approximate surface area is 95.0 Å². The largest absolute Gasteiger partial charge is 0.366 e.